The van der Waals surface area contributed by atoms with Gasteiger partial charge in [-0.3, -0.25) is 39.0 Å². The van der Waals surface area contributed by atoms with Crippen LogP contribution in [0.15, 0.2) is 66.7 Å². The number of rotatable bonds is 25. The van der Waals surface area contributed by atoms with Crippen LogP contribution in [-0.2, 0) is 35.2 Å². The Balaban J connectivity index is 0.894. The Labute approximate surface area is 408 Å². The van der Waals surface area contributed by atoms with E-state index in [4.69, 9.17) is 9.47 Å². The summed E-state index contributed by atoms with van der Waals surface area (Å²) >= 11 is 0. The van der Waals surface area contributed by atoms with Crippen LogP contribution in [0.2, 0.25) is 0 Å². The van der Waals surface area contributed by atoms with Crippen LogP contribution < -0.4 is 25.0 Å². The molecule has 2 N–H and O–H groups in total. The molecule has 0 saturated carbocycles. The molecule has 14 nitrogen and oxygen atoms in total. The van der Waals surface area contributed by atoms with Gasteiger partial charge in [-0.05, 0) is 136 Å². The molecule has 6 amide bonds. The molecule has 3 fully saturated rings. The minimum absolute atomic E-state index is 0.0309. The lowest BCUT2D eigenvalue weighted by Crippen LogP contribution is -2.53. The normalized spacial score (nSPS) is 17.9. The molecule has 3 aliphatic heterocycles. The number of hydrogen-bond donors (Lipinski definition) is 2. The average Bonchev–Trinajstić information content (AvgIpc) is 3.73. The summed E-state index contributed by atoms with van der Waals surface area (Å²) < 4.78 is 11.9. The maximum Gasteiger partial charge on any atom is 0.325 e. The van der Waals surface area contributed by atoms with Gasteiger partial charge >= 0.3 is 6.03 Å². The summed E-state index contributed by atoms with van der Waals surface area (Å²) in [5.41, 5.74) is 4.51. The second-order valence-electron chi connectivity index (χ2n) is 19.7. The van der Waals surface area contributed by atoms with Crippen LogP contribution >= 0.6 is 0 Å². The quantitative estimate of drug-likeness (QED) is 0.0482. The highest BCUT2D eigenvalue weighted by Crippen LogP contribution is 2.33. The van der Waals surface area contributed by atoms with Crippen LogP contribution in [0.3, 0.4) is 0 Å². The summed E-state index contributed by atoms with van der Waals surface area (Å²) in [5.74, 6) is -0.829. The molecule has 0 spiro atoms. The van der Waals surface area contributed by atoms with Crippen molar-refractivity contribution in [2.24, 2.45) is 5.41 Å². The van der Waals surface area contributed by atoms with Crippen molar-refractivity contribution in [3.8, 4) is 11.5 Å². The summed E-state index contributed by atoms with van der Waals surface area (Å²) in [6, 6.07) is 20.0. The number of amides is 6. The molecule has 0 aliphatic carbocycles. The molecule has 3 aromatic rings. The highest BCUT2D eigenvalue weighted by atomic mass is 16.5. The molecular formula is C55H73N5O9. The van der Waals surface area contributed by atoms with Gasteiger partial charge in [0, 0.05) is 50.1 Å². The number of ether oxygens (including phenoxy) is 2. The largest absolute Gasteiger partial charge is 0.494 e. The van der Waals surface area contributed by atoms with Gasteiger partial charge in [-0.1, -0.05) is 76.8 Å². The fraction of sp³-hybridized carbons (Fsp3) is 0.545. The number of piperidine rings is 2. The Morgan fingerprint density at radius 1 is 0.812 bits per heavy atom. The number of nitrogens with one attached hydrogen (secondary N) is 2. The Morgan fingerprint density at radius 3 is 2.30 bits per heavy atom. The number of urea groups is 1. The molecule has 0 radical (unpaired) electrons. The van der Waals surface area contributed by atoms with Crippen LogP contribution in [0.5, 0.6) is 11.5 Å². The molecule has 6 rings (SSSR count). The number of anilines is 1. The van der Waals surface area contributed by atoms with Crippen LogP contribution in [0.25, 0.3) is 0 Å². The zero-order valence-electron chi connectivity index (χ0n) is 41.4. The zero-order chi connectivity index (χ0) is 49.5. The first-order valence-electron chi connectivity index (χ1n) is 25.2. The number of benzene rings is 3. The monoisotopic (exact) mass is 948 g/mol. The van der Waals surface area contributed by atoms with E-state index in [1.54, 1.807) is 18.7 Å². The van der Waals surface area contributed by atoms with Crippen molar-refractivity contribution in [1.82, 2.24) is 20.4 Å². The van der Waals surface area contributed by atoms with Gasteiger partial charge in [0.05, 0.1) is 12.6 Å². The highest BCUT2D eigenvalue weighted by Gasteiger charge is 2.41. The lowest BCUT2D eigenvalue weighted by Gasteiger charge is -2.36. The number of unbranched alkanes of at least 4 members (excludes halogenated alkanes) is 5. The number of imide groups is 1. The number of carbonyl (C=O) groups excluding carboxylic acids is 7. The first-order valence-corrected chi connectivity index (χ1v) is 25.2. The van der Waals surface area contributed by atoms with Crippen LogP contribution in [-0.4, -0.2) is 103 Å². The fourth-order valence-corrected chi connectivity index (χ4v) is 9.35. The Hall–Kier alpha value is -6.05. The zero-order valence-corrected chi connectivity index (χ0v) is 41.4. The molecule has 372 valence electrons. The number of carbonyl (C=O) groups is 7. The number of hydrogen-bond acceptors (Lipinski definition) is 9. The van der Waals surface area contributed by atoms with Gasteiger partial charge in [0.2, 0.25) is 17.6 Å². The molecule has 14 heteroatoms. The van der Waals surface area contributed by atoms with Crippen molar-refractivity contribution in [3.05, 3.63) is 89.0 Å². The molecule has 0 aromatic heterocycles. The Kier molecular flexibility index (Phi) is 19.0. The summed E-state index contributed by atoms with van der Waals surface area (Å²) in [5, 5.41) is 5.30. The lowest BCUT2D eigenvalue weighted by atomic mass is 9.82. The van der Waals surface area contributed by atoms with Crippen LogP contribution in [0.1, 0.15) is 139 Å². The van der Waals surface area contributed by atoms with E-state index in [1.807, 2.05) is 55.5 Å². The van der Waals surface area contributed by atoms with Crippen molar-refractivity contribution in [2.75, 3.05) is 44.3 Å². The summed E-state index contributed by atoms with van der Waals surface area (Å²) in [7, 11) is 0. The summed E-state index contributed by atoms with van der Waals surface area (Å²) in [6.45, 7) is 12.0. The number of ketones is 2. The molecule has 2 unspecified atom stereocenters. The van der Waals surface area contributed by atoms with Crippen molar-refractivity contribution >= 4 is 46.9 Å². The van der Waals surface area contributed by atoms with Gasteiger partial charge in [0.25, 0.3) is 11.8 Å². The number of likely N-dealkylation sites (tertiary alicyclic amines) is 1. The van der Waals surface area contributed by atoms with Crippen molar-refractivity contribution < 1.29 is 43.0 Å². The molecule has 3 atom stereocenters. The number of Topliss-reactive ketones (excluding diaryl/α,β-unsaturated/α-hetero) is 2. The second-order valence-corrected chi connectivity index (χ2v) is 19.7. The number of aryl methyl sites for hydroxylation is 3. The Morgan fingerprint density at radius 2 is 1.57 bits per heavy atom. The minimum Gasteiger partial charge on any atom is -0.494 e. The van der Waals surface area contributed by atoms with E-state index >= 15 is 0 Å². The van der Waals surface area contributed by atoms with Gasteiger partial charge in [0.15, 0.2) is 12.4 Å². The minimum atomic E-state index is -0.790. The lowest BCUT2D eigenvalue weighted by molar-refractivity contribution is -0.153. The van der Waals surface area contributed by atoms with E-state index in [1.165, 1.54) is 26.5 Å². The van der Waals surface area contributed by atoms with Gasteiger partial charge in [-0.25, -0.2) is 4.79 Å². The third-order valence-corrected chi connectivity index (χ3v) is 14.3. The van der Waals surface area contributed by atoms with Crippen LogP contribution in [0, 0.1) is 19.3 Å². The molecule has 3 heterocycles. The average molecular weight is 948 g/mol. The second kappa shape index (κ2) is 25.0. The fourth-order valence-electron chi connectivity index (χ4n) is 9.35. The molecule has 0 bridgehead atoms. The molecule has 69 heavy (non-hydrogen) atoms. The van der Waals surface area contributed by atoms with E-state index in [9.17, 15) is 33.6 Å². The van der Waals surface area contributed by atoms with Gasteiger partial charge in [0.1, 0.15) is 17.5 Å². The third kappa shape index (κ3) is 14.5. The van der Waals surface area contributed by atoms with Crippen LogP contribution in [0.4, 0.5) is 10.5 Å². The molecule has 3 aromatic carbocycles. The van der Waals surface area contributed by atoms with E-state index in [0.29, 0.717) is 64.2 Å². The van der Waals surface area contributed by atoms with Gasteiger partial charge < -0.3 is 24.6 Å². The van der Waals surface area contributed by atoms with E-state index in [-0.39, 0.29) is 49.0 Å². The maximum atomic E-state index is 14.2. The van der Waals surface area contributed by atoms with Crippen molar-refractivity contribution in [2.45, 2.75) is 149 Å². The molecular weight excluding hydrogens is 875 g/mol. The van der Waals surface area contributed by atoms with Gasteiger partial charge in [-0.2, -0.15) is 0 Å². The SMILES string of the molecule is CCC(C)(C)C(=O)C(=O)N1CCCCC1C(=O)C[C@H](CCc1ccc(C)c(C)c1)c1cccc(OCC(=O)NCCCCCCCCOc2ccc(N3CCN(C4CCC(=O)NC4=O)C3=O)cc2)c1. The third-order valence-electron chi connectivity index (χ3n) is 14.3. The first-order chi connectivity index (χ1) is 33.1. The van der Waals surface area contributed by atoms with Gasteiger partial charge in [-0.15, -0.1) is 0 Å². The standard InChI is InChI=1S/C55H73N5O9/c1-6-55(4,5)51(64)53(66)59-30-13-11-18-46(59)48(61)36-42(22-21-40-20-19-38(2)39(3)34-40)41-16-15-17-45(35-41)69-37-50(63)56-29-12-9-7-8-10-14-33-68-44-25-23-43(24-26-44)58-31-32-60(54(58)67)47-27-28-49(62)57-52(47)65/h15-17,19-20,23-26,34-35,42,46-47H,6-14,18,21-22,27-33,36-37H2,1-5H3,(H,56,63)(H,57,62,65)/t42-,46?,47?/m0/s1. The topological polar surface area (TPSA) is 172 Å². The Bertz CT molecular complexity index is 2290. The predicted molar refractivity (Wildman–Crippen MR) is 265 cm³/mol. The highest BCUT2D eigenvalue weighted by molar-refractivity contribution is 6.38. The smallest absolute Gasteiger partial charge is 0.325 e. The van der Waals surface area contributed by atoms with Crippen molar-refractivity contribution in [1.29, 1.82) is 0 Å². The first kappa shape index (κ1) is 52.3. The van der Waals surface area contributed by atoms with E-state index in [2.05, 4.69) is 42.7 Å². The summed E-state index contributed by atoms with van der Waals surface area (Å²) in [4.78, 5) is 95.4. The van der Waals surface area contributed by atoms with E-state index < -0.39 is 35.1 Å². The maximum absolute atomic E-state index is 14.2. The predicted octanol–water partition coefficient (Wildman–Crippen LogP) is 8.33. The number of nitrogens with zero attached hydrogens (tertiary/aromatic N) is 3. The molecule has 3 aliphatic rings. The molecule has 3 saturated heterocycles. The van der Waals surface area contributed by atoms with E-state index in [0.717, 1.165) is 74.8 Å². The summed E-state index contributed by atoms with van der Waals surface area (Å²) in [6.07, 6.45) is 10.8. The van der Waals surface area contributed by atoms with Crippen molar-refractivity contribution in [3.63, 3.8) is 0 Å².